The molecule has 0 aliphatic carbocycles. The van der Waals surface area contributed by atoms with Crippen LogP contribution < -0.4 is 5.32 Å². The Balaban J connectivity index is 2.84. The molecule has 0 aliphatic heterocycles. The van der Waals surface area contributed by atoms with Crippen molar-refractivity contribution in [3.8, 4) is 0 Å². The first-order valence-electron chi connectivity index (χ1n) is 6.16. The molecule has 1 rings (SSSR count). The second-order valence-electron chi connectivity index (χ2n) is 3.97. The van der Waals surface area contributed by atoms with Crippen LogP contribution >= 0.6 is 0 Å². The summed E-state index contributed by atoms with van der Waals surface area (Å²) in [5.74, 6) is 0.816. The van der Waals surface area contributed by atoms with Gasteiger partial charge in [-0.2, -0.15) is 0 Å². The van der Waals surface area contributed by atoms with Crippen molar-refractivity contribution in [2.45, 2.75) is 26.7 Å². The van der Waals surface area contributed by atoms with E-state index in [-0.39, 0.29) is 5.91 Å². The molecule has 0 radical (unpaired) electrons. The van der Waals surface area contributed by atoms with Crippen molar-refractivity contribution >= 4 is 11.7 Å². The summed E-state index contributed by atoms with van der Waals surface area (Å²) in [6.07, 6.45) is 3.63. The van der Waals surface area contributed by atoms with E-state index in [1.54, 1.807) is 25.4 Å². The number of carbonyl (C=O) groups is 1. The number of rotatable bonds is 6. The molecule has 0 saturated carbocycles. The highest BCUT2D eigenvalue weighted by molar-refractivity contribution is 5.94. The van der Waals surface area contributed by atoms with Crippen LogP contribution in [-0.2, 0) is 0 Å². The maximum absolute atomic E-state index is 12.3. The summed E-state index contributed by atoms with van der Waals surface area (Å²) in [6, 6.07) is 3.56. The van der Waals surface area contributed by atoms with Crippen molar-refractivity contribution in [2.24, 2.45) is 0 Å². The van der Waals surface area contributed by atoms with Crippen LogP contribution in [0.25, 0.3) is 0 Å². The monoisotopic (exact) mass is 235 g/mol. The van der Waals surface area contributed by atoms with Crippen LogP contribution in [0.1, 0.15) is 37.0 Å². The molecule has 0 atom stereocenters. The van der Waals surface area contributed by atoms with E-state index >= 15 is 0 Å². The average molecular weight is 235 g/mol. The Bertz CT molecular complexity index is 359. The van der Waals surface area contributed by atoms with Gasteiger partial charge in [-0.3, -0.25) is 4.79 Å². The van der Waals surface area contributed by atoms with Crippen LogP contribution in [0, 0.1) is 0 Å². The fourth-order valence-corrected chi connectivity index (χ4v) is 1.74. The highest BCUT2D eigenvalue weighted by Gasteiger charge is 2.14. The normalized spacial score (nSPS) is 10.1. The smallest absolute Gasteiger partial charge is 0.254 e. The van der Waals surface area contributed by atoms with E-state index in [4.69, 9.17) is 0 Å². The Morgan fingerprint density at radius 2 is 2.00 bits per heavy atom. The van der Waals surface area contributed by atoms with Crippen molar-refractivity contribution in [3.05, 3.63) is 23.9 Å². The second kappa shape index (κ2) is 6.89. The third-order valence-corrected chi connectivity index (χ3v) is 2.54. The summed E-state index contributed by atoms with van der Waals surface area (Å²) in [6.45, 7) is 5.79. The molecule has 1 aromatic rings. The molecule has 0 fully saturated rings. The minimum Gasteiger partial charge on any atom is -0.373 e. The quantitative estimate of drug-likeness (QED) is 0.823. The van der Waals surface area contributed by atoms with Gasteiger partial charge in [0.25, 0.3) is 5.91 Å². The highest BCUT2D eigenvalue weighted by atomic mass is 16.2. The van der Waals surface area contributed by atoms with Gasteiger partial charge in [0.05, 0.1) is 0 Å². The highest BCUT2D eigenvalue weighted by Crippen LogP contribution is 2.10. The molecule has 0 bridgehead atoms. The van der Waals surface area contributed by atoms with Crippen molar-refractivity contribution in [1.82, 2.24) is 9.88 Å². The van der Waals surface area contributed by atoms with Gasteiger partial charge in [0, 0.05) is 31.9 Å². The van der Waals surface area contributed by atoms with E-state index in [2.05, 4.69) is 24.1 Å². The van der Waals surface area contributed by atoms with E-state index in [9.17, 15) is 4.79 Å². The zero-order valence-corrected chi connectivity index (χ0v) is 10.9. The van der Waals surface area contributed by atoms with Crippen LogP contribution in [-0.4, -0.2) is 35.9 Å². The standard InChI is InChI=1S/C13H21N3O/c1-4-8-16(9-5-2)13(17)11-6-7-15-12(10-11)14-3/h6-7,10H,4-5,8-9H2,1-3H3,(H,14,15). The second-order valence-corrected chi connectivity index (χ2v) is 3.97. The Morgan fingerprint density at radius 3 is 2.53 bits per heavy atom. The Kier molecular flexibility index (Phi) is 5.46. The molecular formula is C13H21N3O. The molecule has 0 aromatic carbocycles. The number of pyridine rings is 1. The Hall–Kier alpha value is -1.58. The lowest BCUT2D eigenvalue weighted by Crippen LogP contribution is -2.32. The minimum atomic E-state index is 0.0904. The first-order valence-corrected chi connectivity index (χ1v) is 6.16. The van der Waals surface area contributed by atoms with Crippen LogP contribution in [0.15, 0.2) is 18.3 Å². The molecule has 4 nitrogen and oxygen atoms in total. The summed E-state index contributed by atoms with van der Waals surface area (Å²) in [4.78, 5) is 18.3. The Labute approximate surface area is 103 Å². The molecule has 0 saturated heterocycles. The van der Waals surface area contributed by atoms with Gasteiger partial charge >= 0.3 is 0 Å². The topological polar surface area (TPSA) is 45.2 Å². The number of nitrogens with one attached hydrogen (secondary N) is 1. The van der Waals surface area contributed by atoms with Crippen molar-refractivity contribution < 1.29 is 4.79 Å². The fraction of sp³-hybridized carbons (Fsp3) is 0.538. The van der Waals surface area contributed by atoms with Crippen LogP contribution in [0.2, 0.25) is 0 Å². The predicted octanol–water partition coefficient (Wildman–Crippen LogP) is 2.39. The van der Waals surface area contributed by atoms with E-state index in [0.717, 1.165) is 31.7 Å². The van der Waals surface area contributed by atoms with Gasteiger partial charge < -0.3 is 10.2 Å². The van der Waals surface area contributed by atoms with Crippen LogP contribution in [0.3, 0.4) is 0 Å². The van der Waals surface area contributed by atoms with Gasteiger partial charge in [0.15, 0.2) is 0 Å². The fourth-order valence-electron chi connectivity index (χ4n) is 1.74. The summed E-state index contributed by atoms with van der Waals surface area (Å²) < 4.78 is 0. The summed E-state index contributed by atoms with van der Waals surface area (Å²) in [5, 5.41) is 2.94. The van der Waals surface area contributed by atoms with Gasteiger partial charge in [-0.25, -0.2) is 4.98 Å². The number of amides is 1. The molecule has 1 heterocycles. The molecule has 17 heavy (non-hydrogen) atoms. The SMILES string of the molecule is CCCN(CCC)C(=O)c1ccnc(NC)c1. The molecule has 1 aromatic heterocycles. The molecule has 94 valence electrons. The van der Waals surface area contributed by atoms with Gasteiger partial charge in [-0.1, -0.05) is 13.8 Å². The average Bonchev–Trinajstić information content (AvgIpc) is 2.38. The lowest BCUT2D eigenvalue weighted by molar-refractivity contribution is 0.0755. The number of hydrogen-bond acceptors (Lipinski definition) is 3. The molecule has 1 N–H and O–H groups in total. The largest absolute Gasteiger partial charge is 0.373 e. The summed E-state index contributed by atoms with van der Waals surface area (Å²) in [7, 11) is 1.80. The van der Waals surface area contributed by atoms with E-state index in [0.29, 0.717) is 5.56 Å². The first-order chi connectivity index (χ1) is 8.22. The molecular weight excluding hydrogens is 214 g/mol. The van der Waals surface area contributed by atoms with E-state index in [1.165, 1.54) is 0 Å². The van der Waals surface area contributed by atoms with Crippen molar-refractivity contribution in [2.75, 3.05) is 25.5 Å². The van der Waals surface area contributed by atoms with Crippen molar-refractivity contribution in [1.29, 1.82) is 0 Å². The molecule has 1 amide bonds. The lowest BCUT2D eigenvalue weighted by Gasteiger charge is -2.21. The minimum absolute atomic E-state index is 0.0904. The first kappa shape index (κ1) is 13.5. The van der Waals surface area contributed by atoms with Gasteiger partial charge in [0.1, 0.15) is 5.82 Å². The van der Waals surface area contributed by atoms with Crippen molar-refractivity contribution in [3.63, 3.8) is 0 Å². The molecule has 4 heteroatoms. The maximum atomic E-state index is 12.3. The summed E-state index contributed by atoms with van der Waals surface area (Å²) in [5.41, 5.74) is 0.700. The predicted molar refractivity (Wildman–Crippen MR) is 70.3 cm³/mol. The molecule has 0 spiro atoms. The maximum Gasteiger partial charge on any atom is 0.254 e. The zero-order valence-electron chi connectivity index (χ0n) is 10.9. The number of carbonyl (C=O) groups excluding carboxylic acids is 1. The lowest BCUT2D eigenvalue weighted by atomic mass is 10.2. The van der Waals surface area contributed by atoms with E-state index in [1.807, 2.05) is 4.90 Å². The molecule has 0 aliphatic rings. The van der Waals surface area contributed by atoms with Gasteiger partial charge in [-0.05, 0) is 25.0 Å². The van der Waals surface area contributed by atoms with Crippen LogP contribution in [0.4, 0.5) is 5.82 Å². The number of anilines is 1. The zero-order chi connectivity index (χ0) is 12.7. The third-order valence-electron chi connectivity index (χ3n) is 2.54. The Morgan fingerprint density at radius 1 is 1.35 bits per heavy atom. The molecule has 0 unspecified atom stereocenters. The van der Waals surface area contributed by atoms with E-state index < -0.39 is 0 Å². The third kappa shape index (κ3) is 3.73. The summed E-state index contributed by atoms with van der Waals surface area (Å²) >= 11 is 0. The number of hydrogen-bond donors (Lipinski definition) is 1. The van der Waals surface area contributed by atoms with Gasteiger partial charge in [-0.15, -0.1) is 0 Å². The number of nitrogens with zero attached hydrogens (tertiary/aromatic N) is 2. The number of aromatic nitrogens is 1. The van der Waals surface area contributed by atoms with Gasteiger partial charge in [0.2, 0.25) is 0 Å². The van der Waals surface area contributed by atoms with Crippen LogP contribution in [0.5, 0.6) is 0 Å².